The molecule has 0 unspecified atom stereocenters. The number of fused-ring (bicyclic) bond motifs is 3. The Morgan fingerprint density at radius 3 is 2.36 bits per heavy atom. The minimum Gasteiger partial charge on any atom is -0.508 e. The lowest BCUT2D eigenvalue weighted by molar-refractivity contribution is -0.155. The maximum Gasteiger partial charge on any atom is 0.255 e. The number of phenols is 1. The highest BCUT2D eigenvalue weighted by Crippen LogP contribution is 2.53. The van der Waals surface area contributed by atoms with E-state index in [1.165, 1.54) is 13.2 Å². The zero-order chi connectivity index (χ0) is 26.5. The summed E-state index contributed by atoms with van der Waals surface area (Å²) in [5.41, 5.74) is 2.32. The molecular weight excluding hydrogens is 468 g/mol. The molecule has 4 rings (SSSR count). The second-order valence-electron chi connectivity index (χ2n) is 9.67. The molecule has 0 radical (unpaired) electrons. The molecule has 0 bridgehead atoms. The summed E-state index contributed by atoms with van der Waals surface area (Å²) in [5, 5.41) is 44.4. The third-order valence-corrected chi connectivity index (χ3v) is 7.64. The SMILES string of the molecule is CCCN(CCC)[C@@H]1C(=O)C(C(N)=O)=C(O)[C@@]2(O)C(=O)C3=C(O)c4c(O)ccc(OC)c4C[C@H]3C[C@@H]12. The van der Waals surface area contributed by atoms with Gasteiger partial charge in [-0.1, -0.05) is 13.8 Å². The van der Waals surface area contributed by atoms with Gasteiger partial charge in [0.25, 0.3) is 5.91 Å². The van der Waals surface area contributed by atoms with Gasteiger partial charge in [-0.05, 0) is 56.8 Å². The highest BCUT2D eigenvalue weighted by molar-refractivity contribution is 6.24. The fourth-order valence-electron chi connectivity index (χ4n) is 6.20. The number of methoxy groups -OCH3 is 1. The van der Waals surface area contributed by atoms with Crippen LogP contribution < -0.4 is 10.5 Å². The lowest BCUT2D eigenvalue weighted by atomic mass is 9.57. The Morgan fingerprint density at radius 2 is 1.81 bits per heavy atom. The molecule has 1 fully saturated rings. The van der Waals surface area contributed by atoms with E-state index in [-0.39, 0.29) is 29.7 Å². The summed E-state index contributed by atoms with van der Waals surface area (Å²) in [6.07, 6.45) is 1.59. The van der Waals surface area contributed by atoms with Gasteiger partial charge in [-0.2, -0.15) is 0 Å². The van der Waals surface area contributed by atoms with Gasteiger partial charge in [0.1, 0.15) is 28.6 Å². The summed E-state index contributed by atoms with van der Waals surface area (Å²) in [6.45, 7) is 4.76. The minimum absolute atomic E-state index is 0.0108. The van der Waals surface area contributed by atoms with E-state index in [4.69, 9.17) is 10.5 Å². The van der Waals surface area contributed by atoms with Gasteiger partial charge in [-0.25, -0.2) is 0 Å². The van der Waals surface area contributed by atoms with E-state index in [0.29, 0.717) is 37.2 Å². The number of benzene rings is 1. The average Bonchev–Trinajstić information content (AvgIpc) is 2.81. The monoisotopic (exact) mass is 500 g/mol. The van der Waals surface area contributed by atoms with Gasteiger partial charge in [0.2, 0.25) is 5.78 Å². The van der Waals surface area contributed by atoms with Crippen molar-refractivity contribution in [1.29, 1.82) is 0 Å². The van der Waals surface area contributed by atoms with Gasteiger partial charge in [-0.15, -0.1) is 0 Å². The quantitative estimate of drug-likeness (QED) is 0.348. The van der Waals surface area contributed by atoms with Crippen LogP contribution >= 0.6 is 0 Å². The molecule has 1 aromatic carbocycles. The van der Waals surface area contributed by atoms with Gasteiger partial charge >= 0.3 is 0 Å². The first-order chi connectivity index (χ1) is 17.0. The van der Waals surface area contributed by atoms with Crippen molar-refractivity contribution in [1.82, 2.24) is 4.90 Å². The Balaban J connectivity index is 1.96. The minimum atomic E-state index is -2.64. The molecule has 10 nitrogen and oxygen atoms in total. The Bertz CT molecular complexity index is 1200. The van der Waals surface area contributed by atoms with Crippen molar-refractivity contribution in [3.05, 3.63) is 40.2 Å². The van der Waals surface area contributed by atoms with Gasteiger partial charge < -0.3 is 30.9 Å². The van der Waals surface area contributed by atoms with Crippen LogP contribution in [0.5, 0.6) is 11.5 Å². The standard InChI is InChI=1S/C26H32N2O8/c1-4-8-28(9-5-2)20-14-11-12-10-13-16(36-3)7-6-15(29)18(13)21(30)17(12)23(32)26(14,35)24(33)19(22(20)31)25(27)34/h6-7,12,14,20,29-30,33,35H,4-5,8-11H2,1-3H3,(H2,27,34)/t12-,14-,20-,26-/m0/s1. The number of rotatable bonds is 7. The number of nitrogens with two attached hydrogens (primary N) is 1. The third kappa shape index (κ3) is 3.50. The fraction of sp³-hybridized carbons (Fsp3) is 0.500. The highest BCUT2D eigenvalue weighted by atomic mass is 16.5. The molecule has 1 saturated carbocycles. The van der Waals surface area contributed by atoms with Crippen molar-refractivity contribution in [2.75, 3.05) is 20.2 Å². The van der Waals surface area contributed by atoms with Crippen molar-refractivity contribution < 1.29 is 39.5 Å². The average molecular weight is 501 g/mol. The molecule has 0 heterocycles. The van der Waals surface area contributed by atoms with Crippen LogP contribution in [0.2, 0.25) is 0 Å². The summed E-state index contributed by atoms with van der Waals surface area (Å²) in [4.78, 5) is 41.5. The molecule has 0 aliphatic heterocycles. The van der Waals surface area contributed by atoms with Gasteiger partial charge in [0, 0.05) is 17.1 Å². The van der Waals surface area contributed by atoms with Crippen molar-refractivity contribution in [2.45, 2.75) is 51.2 Å². The van der Waals surface area contributed by atoms with Gasteiger partial charge in [0.05, 0.1) is 18.7 Å². The molecule has 1 amide bonds. The predicted octanol–water partition coefficient (Wildman–Crippen LogP) is 1.53. The summed E-state index contributed by atoms with van der Waals surface area (Å²) in [7, 11) is 1.45. The smallest absolute Gasteiger partial charge is 0.255 e. The molecule has 3 aliphatic rings. The first-order valence-corrected chi connectivity index (χ1v) is 12.2. The molecule has 0 spiro atoms. The summed E-state index contributed by atoms with van der Waals surface area (Å²) >= 11 is 0. The molecule has 6 N–H and O–H groups in total. The normalized spacial score (nSPS) is 27.6. The van der Waals surface area contributed by atoms with Crippen LogP contribution in [-0.2, 0) is 20.8 Å². The lowest BCUT2D eigenvalue weighted by Crippen LogP contribution is -2.66. The van der Waals surface area contributed by atoms with Crippen LogP contribution in [0.4, 0.5) is 0 Å². The summed E-state index contributed by atoms with van der Waals surface area (Å²) < 4.78 is 5.41. The number of carbonyl (C=O) groups excluding carboxylic acids is 3. The second-order valence-corrected chi connectivity index (χ2v) is 9.67. The number of ketones is 2. The number of ether oxygens (including phenoxy) is 1. The van der Waals surface area contributed by atoms with Crippen molar-refractivity contribution in [3.8, 4) is 11.5 Å². The highest BCUT2D eigenvalue weighted by Gasteiger charge is 2.64. The zero-order valence-corrected chi connectivity index (χ0v) is 20.6. The van der Waals surface area contributed by atoms with Crippen LogP contribution in [0.25, 0.3) is 5.76 Å². The number of hydrogen-bond acceptors (Lipinski definition) is 9. The van der Waals surface area contributed by atoms with E-state index < -0.39 is 58.0 Å². The van der Waals surface area contributed by atoms with E-state index in [2.05, 4.69) is 0 Å². The number of phenolic OH excluding ortho intramolecular Hbond substituents is 1. The van der Waals surface area contributed by atoms with Crippen molar-refractivity contribution in [2.24, 2.45) is 17.6 Å². The summed E-state index contributed by atoms with van der Waals surface area (Å²) in [5.74, 6) is -6.19. The first-order valence-electron chi connectivity index (χ1n) is 12.2. The Labute approximate surface area is 208 Å². The van der Waals surface area contributed by atoms with Crippen LogP contribution in [0.3, 0.4) is 0 Å². The van der Waals surface area contributed by atoms with E-state index >= 15 is 0 Å². The van der Waals surface area contributed by atoms with Crippen LogP contribution in [0.1, 0.15) is 44.2 Å². The first kappa shape index (κ1) is 25.7. The van der Waals surface area contributed by atoms with Gasteiger partial charge in [-0.3, -0.25) is 19.3 Å². The number of carbonyl (C=O) groups is 3. The Hall–Kier alpha value is -3.37. The number of aromatic hydroxyl groups is 1. The zero-order valence-electron chi connectivity index (χ0n) is 20.6. The van der Waals surface area contributed by atoms with E-state index in [1.54, 1.807) is 6.07 Å². The third-order valence-electron chi connectivity index (χ3n) is 7.64. The van der Waals surface area contributed by atoms with Crippen molar-refractivity contribution >= 4 is 23.2 Å². The molecule has 0 saturated heterocycles. The van der Waals surface area contributed by atoms with Gasteiger partial charge in [0.15, 0.2) is 11.4 Å². The Morgan fingerprint density at radius 1 is 1.17 bits per heavy atom. The molecule has 36 heavy (non-hydrogen) atoms. The van der Waals surface area contributed by atoms with Crippen LogP contribution in [-0.4, -0.2) is 74.6 Å². The fourth-order valence-corrected chi connectivity index (χ4v) is 6.20. The maximum absolute atomic E-state index is 13.9. The Kier molecular flexibility index (Phi) is 6.61. The molecule has 0 aromatic heterocycles. The number of amides is 1. The number of aliphatic hydroxyl groups excluding tert-OH is 2. The van der Waals surface area contributed by atoms with E-state index in [1.807, 2.05) is 18.7 Å². The summed E-state index contributed by atoms with van der Waals surface area (Å²) in [6, 6.07) is 1.80. The number of nitrogens with zero attached hydrogens (tertiary/aromatic N) is 1. The van der Waals surface area contributed by atoms with E-state index in [9.17, 15) is 34.8 Å². The molecule has 1 aromatic rings. The molecule has 194 valence electrons. The number of primary amides is 1. The molecule has 10 heteroatoms. The molecule has 3 aliphatic carbocycles. The van der Waals surface area contributed by atoms with E-state index in [0.717, 1.165) is 0 Å². The number of aliphatic hydroxyl groups is 3. The van der Waals surface area contributed by atoms with Crippen molar-refractivity contribution in [3.63, 3.8) is 0 Å². The second kappa shape index (κ2) is 9.25. The largest absolute Gasteiger partial charge is 0.508 e. The predicted molar refractivity (Wildman–Crippen MR) is 129 cm³/mol. The molecule has 4 atom stereocenters. The molecular formula is C26H32N2O8. The number of hydrogen-bond donors (Lipinski definition) is 5. The topological polar surface area (TPSA) is 171 Å². The number of Topliss-reactive ketones (excluding diaryl/α,β-unsaturated/α-hetero) is 2. The van der Waals surface area contributed by atoms with Crippen LogP contribution in [0, 0.1) is 11.8 Å². The lowest BCUT2D eigenvalue weighted by Gasteiger charge is -2.51. The maximum atomic E-state index is 13.9. The van der Waals surface area contributed by atoms with Crippen LogP contribution in [0.15, 0.2) is 29.0 Å².